The number of ether oxygens (including phenoxy) is 3. The molecule has 0 aliphatic carbocycles. The van der Waals surface area contributed by atoms with Crippen LogP contribution in [0, 0.1) is 11.3 Å². The lowest BCUT2D eigenvalue weighted by molar-refractivity contribution is -0.139. The van der Waals surface area contributed by atoms with Gasteiger partial charge >= 0.3 is 5.97 Å². The van der Waals surface area contributed by atoms with E-state index >= 15 is 0 Å². The Kier molecular flexibility index (Phi) is 9.55. The van der Waals surface area contributed by atoms with Gasteiger partial charge in [-0.2, -0.15) is 5.26 Å². The molecule has 2 heterocycles. The number of aromatic nitrogens is 1. The second kappa shape index (κ2) is 13.5. The molecule has 5 rings (SSSR count). The van der Waals surface area contributed by atoms with E-state index in [4.69, 9.17) is 42.7 Å². The Morgan fingerprint density at radius 1 is 1.07 bits per heavy atom. The monoisotopic (exact) mass is 647 g/mol. The highest BCUT2D eigenvalue weighted by Crippen LogP contribution is 2.38. The smallest absolute Gasteiger partial charge is 0.338 e. The second-order valence-corrected chi connectivity index (χ2v) is 11.5. The third-order valence-electron chi connectivity index (χ3n) is 6.81. The molecule has 224 valence electrons. The average molecular weight is 649 g/mol. The molecule has 0 saturated carbocycles. The first-order valence-corrected chi connectivity index (χ1v) is 15.3. The lowest BCUT2D eigenvalue weighted by atomic mass is 9.96. The number of allylic oxidation sites excluding steroid dienone is 1. The molecular weight excluding hydrogens is 621 g/mol. The van der Waals surface area contributed by atoms with E-state index in [2.05, 4.69) is 11.1 Å². The Morgan fingerprint density at radius 3 is 2.50 bits per heavy atom. The number of hydrogen-bond donors (Lipinski definition) is 0. The van der Waals surface area contributed by atoms with Crippen molar-refractivity contribution in [2.24, 2.45) is 4.99 Å². The summed E-state index contributed by atoms with van der Waals surface area (Å²) in [5.41, 5.74) is 2.98. The molecule has 8 nitrogen and oxygen atoms in total. The topological polar surface area (TPSA) is 103 Å². The van der Waals surface area contributed by atoms with Gasteiger partial charge in [-0.05, 0) is 73.9 Å². The van der Waals surface area contributed by atoms with Gasteiger partial charge in [0, 0.05) is 5.02 Å². The van der Waals surface area contributed by atoms with Crippen molar-refractivity contribution in [3.8, 4) is 17.6 Å². The van der Waals surface area contributed by atoms with Gasteiger partial charge < -0.3 is 14.2 Å². The number of thiazole rings is 1. The SMILES string of the molecule is CCOC(=O)C1=C(C)N=c2s/c(=C\c3cc(Cl)c(OCc4ccc(C#N)cc4)c(OCC)c3)c(=O)n2[C@H]1c1ccccc1Cl. The molecule has 0 saturated heterocycles. The molecule has 1 aliphatic rings. The number of nitrogens with zero attached hydrogens (tertiary/aromatic N) is 3. The Balaban J connectivity index is 1.57. The van der Waals surface area contributed by atoms with Crippen LogP contribution >= 0.6 is 34.5 Å². The molecule has 4 aromatic rings. The molecule has 0 radical (unpaired) electrons. The van der Waals surface area contributed by atoms with Crippen molar-refractivity contribution in [1.29, 1.82) is 5.26 Å². The molecule has 3 aromatic carbocycles. The fraction of sp³-hybridized carbons (Fsp3) is 0.212. The van der Waals surface area contributed by atoms with Crippen LogP contribution in [0.25, 0.3) is 6.08 Å². The quantitative estimate of drug-likeness (QED) is 0.208. The Morgan fingerprint density at radius 2 is 1.82 bits per heavy atom. The van der Waals surface area contributed by atoms with Crippen LogP contribution in [0.2, 0.25) is 10.0 Å². The third kappa shape index (κ3) is 6.29. The fourth-order valence-electron chi connectivity index (χ4n) is 4.84. The zero-order valence-electron chi connectivity index (χ0n) is 24.1. The van der Waals surface area contributed by atoms with Crippen molar-refractivity contribution in [2.45, 2.75) is 33.4 Å². The largest absolute Gasteiger partial charge is 0.490 e. The Labute approximate surface area is 267 Å². The number of carbonyl (C=O) groups is 1. The van der Waals surface area contributed by atoms with Gasteiger partial charge in [0.25, 0.3) is 5.56 Å². The standard InChI is InChI=1S/C33H27Cl2N3O5S/c1-4-41-26-15-22(14-25(35)30(26)43-18-21-12-10-20(17-36)11-13-21)16-27-31(39)38-29(23-8-6-7-9-24(23)34)28(32(40)42-5-2)19(3)37-33(38)44-27/h6-16,29H,4-5,18H2,1-3H3/b27-16-/t29-/m0/s1. The fourth-order valence-corrected chi connectivity index (χ4v) is 6.40. The van der Waals surface area contributed by atoms with E-state index in [-0.39, 0.29) is 24.3 Å². The molecule has 1 atom stereocenters. The van der Waals surface area contributed by atoms with Gasteiger partial charge in [-0.3, -0.25) is 9.36 Å². The molecule has 0 bridgehead atoms. The van der Waals surface area contributed by atoms with Gasteiger partial charge in [-0.25, -0.2) is 9.79 Å². The minimum absolute atomic E-state index is 0.172. The highest BCUT2D eigenvalue weighted by molar-refractivity contribution is 7.07. The first-order chi connectivity index (χ1) is 21.2. The van der Waals surface area contributed by atoms with Crippen molar-refractivity contribution in [3.63, 3.8) is 0 Å². The number of nitriles is 1. The first kappa shape index (κ1) is 31.1. The molecule has 1 aromatic heterocycles. The molecule has 11 heteroatoms. The summed E-state index contributed by atoms with van der Waals surface area (Å²) in [7, 11) is 0. The minimum atomic E-state index is -0.818. The van der Waals surface area contributed by atoms with E-state index in [0.29, 0.717) is 59.9 Å². The highest BCUT2D eigenvalue weighted by Gasteiger charge is 2.34. The van der Waals surface area contributed by atoms with E-state index in [1.165, 1.54) is 15.9 Å². The van der Waals surface area contributed by atoms with Gasteiger partial charge in [-0.15, -0.1) is 0 Å². The van der Waals surface area contributed by atoms with Crippen molar-refractivity contribution in [2.75, 3.05) is 13.2 Å². The van der Waals surface area contributed by atoms with Crippen LogP contribution < -0.4 is 24.4 Å². The molecule has 0 unspecified atom stereocenters. The molecule has 0 spiro atoms. The summed E-state index contributed by atoms with van der Waals surface area (Å²) < 4.78 is 19.1. The van der Waals surface area contributed by atoms with Crippen LogP contribution in [0.3, 0.4) is 0 Å². The van der Waals surface area contributed by atoms with Crippen LogP contribution in [0.1, 0.15) is 49.1 Å². The minimum Gasteiger partial charge on any atom is -0.490 e. The molecule has 1 aliphatic heterocycles. The van der Waals surface area contributed by atoms with Crippen LogP contribution in [-0.4, -0.2) is 23.8 Å². The maximum absolute atomic E-state index is 14.0. The zero-order chi connectivity index (χ0) is 31.4. The van der Waals surface area contributed by atoms with Crippen molar-refractivity contribution in [3.05, 3.63) is 124 Å². The Hall–Kier alpha value is -4.36. The maximum Gasteiger partial charge on any atom is 0.338 e. The molecule has 0 fully saturated rings. The van der Waals surface area contributed by atoms with E-state index in [0.717, 1.165) is 5.56 Å². The van der Waals surface area contributed by atoms with E-state index < -0.39 is 12.0 Å². The summed E-state index contributed by atoms with van der Waals surface area (Å²) in [6.45, 7) is 6.04. The lowest BCUT2D eigenvalue weighted by Crippen LogP contribution is -2.40. The van der Waals surface area contributed by atoms with E-state index in [1.54, 1.807) is 68.5 Å². The lowest BCUT2D eigenvalue weighted by Gasteiger charge is -2.25. The molecule has 44 heavy (non-hydrogen) atoms. The third-order valence-corrected chi connectivity index (χ3v) is 8.42. The summed E-state index contributed by atoms with van der Waals surface area (Å²) in [6.07, 6.45) is 1.70. The van der Waals surface area contributed by atoms with E-state index in [9.17, 15) is 9.59 Å². The number of fused-ring (bicyclic) bond motifs is 1. The summed E-state index contributed by atoms with van der Waals surface area (Å²) in [4.78, 5) is 32.1. The summed E-state index contributed by atoms with van der Waals surface area (Å²) in [6, 6.07) is 18.9. The summed E-state index contributed by atoms with van der Waals surface area (Å²) in [5, 5.41) is 9.75. The predicted molar refractivity (Wildman–Crippen MR) is 170 cm³/mol. The van der Waals surface area contributed by atoms with Crippen molar-refractivity contribution >= 4 is 46.6 Å². The Bertz CT molecular complexity index is 1990. The average Bonchev–Trinajstić information content (AvgIpc) is 3.30. The van der Waals surface area contributed by atoms with Crippen LogP contribution in [0.4, 0.5) is 0 Å². The summed E-state index contributed by atoms with van der Waals surface area (Å²) >= 11 is 14.5. The van der Waals surface area contributed by atoms with Crippen LogP contribution in [-0.2, 0) is 16.1 Å². The zero-order valence-corrected chi connectivity index (χ0v) is 26.4. The van der Waals surface area contributed by atoms with Gasteiger partial charge in [0.15, 0.2) is 16.3 Å². The number of benzene rings is 3. The number of halogens is 2. The number of carbonyl (C=O) groups excluding carboxylic acids is 1. The first-order valence-electron chi connectivity index (χ1n) is 13.8. The molecule has 0 amide bonds. The van der Waals surface area contributed by atoms with Gasteiger partial charge in [-0.1, -0.05) is 64.9 Å². The highest BCUT2D eigenvalue weighted by atomic mass is 35.5. The van der Waals surface area contributed by atoms with Crippen LogP contribution in [0.15, 0.2) is 81.7 Å². The van der Waals surface area contributed by atoms with E-state index in [1.807, 2.05) is 19.1 Å². The van der Waals surface area contributed by atoms with Gasteiger partial charge in [0.05, 0.1) is 45.7 Å². The molecular formula is C33H27Cl2N3O5S. The van der Waals surface area contributed by atoms with Crippen LogP contribution in [0.5, 0.6) is 11.5 Å². The second-order valence-electron chi connectivity index (χ2n) is 9.68. The molecule has 0 N–H and O–H groups in total. The number of rotatable bonds is 9. The number of esters is 1. The normalized spacial score (nSPS) is 14.5. The predicted octanol–water partition coefficient (Wildman–Crippen LogP) is 5.95. The van der Waals surface area contributed by atoms with Gasteiger partial charge in [0.2, 0.25) is 0 Å². The van der Waals surface area contributed by atoms with Gasteiger partial charge in [0.1, 0.15) is 12.6 Å². The number of hydrogen-bond acceptors (Lipinski definition) is 8. The van der Waals surface area contributed by atoms with Crippen molar-refractivity contribution < 1.29 is 19.0 Å². The van der Waals surface area contributed by atoms with Crippen molar-refractivity contribution in [1.82, 2.24) is 4.57 Å². The summed E-state index contributed by atoms with van der Waals surface area (Å²) in [5.74, 6) is 0.227. The maximum atomic E-state index is 14.0.